The maximum atomic E-state index is 13.3. The molecule has 0 radical (unpaired) electrons. The molecule has 0 saturated carbocycles. The fourth-order valence-corrected chi connectivity index (χ4v) is 3.35. The predicted octanol–water partition coefficient (Wildman–Crippen LogP) is 6.76. The summed E-state index contributed by atoms with van der Waals surface area (Å²) in [6, 6.07) is 9.08. The van der Waals surface area contributed by atoms with Crippen molar-refractivity contribution < 1.29 is 26.3 Å². The van der Waals surface area contributed by atoms with Crippen LogP contribution in [0.15, 0.2) is 42.5 Å². The Morgan fingerprint density at radius 1 is 0.900 bits per heavy atom. The van der Waals surface area contributed by atoms with E-state index in [9.17, 15) is 26.3 Å². The number of benzene rings is 2. The van der Waals surface area contributed by atoms with E-state index in [1.54, 1.807) is 18.2 Å². The third-order valence-electron chi connectivity index (χ3n) is 5.29. The average Bonchev–Trinajstić information content (AvgIpc) is 3.03. The summed E-state index contributed by atoms with van der Waals surface area (Å²) in [5.41, 5.74) is -1.13. The Labute approximate surface area is 170 Å². The molecule has 1 aromatic heterocycles. The van der Waals surface area contributed by atoms with Gasteiger partial charge in [-0.3, -0.25) is 0 Å². The van der Waals surface area contributed by atoms with Crippen molar-refractivity contribution in [3.8, 4) is 11.3 Å². The minimum Gasteiger partial charge on any atom is -0.354 e. The zero-order valence-corrected chi connectivity index (χ0v) is 16.7. The van der Waals surface area contributed by atoms with Gasteiger partial charge in [-0.2, -0.15) is 26.3 Å². The molecule has 3 aromatic rings. The van der Waals surface area contributed by atoms with Gasteiger partial charge in [0.15, 0.2) is 0 Å². The highest BCUT2D eigenvalue weighted by molar-refractivity contribution is 5.91. The highest BCUT2D eigenvalue weighted by atomic mass is 19.4. The fourth-order valence-electron chi connectivity index (χ4n) is 3.35. The molecule has 0 aliphatic rings. The van der Waals surface area contributed by atoms with E-state index in [2.05, 4.69) is 9.88 Å². The van der Waals surface area contributed by atoms with Crippen molar-refractivity contribution in [3.63, 3.8) is 0 Å². The van der Waals surface area contributed by atoms with Crippen molar-refractivity contribution in [2.75, 3.05) is 13.6 Å². The predicted molar refractivity (Wildman–Crippen MR) is 105 cm³/mol. The number of alkyl halides is 6. The summed E-state index contributed by atoms with van der Waals surface area (Å²) in [4.78, 5) is 5.11. The van der Waals surface area contributed by atoms with Crippen LogP contribution in [-0.2, 0) is 18.8 Å². The lowest BCUT2D eigenvalue weighted by molar-refractivity contribution is -0.143. The second-order valence-corrected chi connectivity index (χ2v) is 7.64. The van der Waals surface area contributed by atoms with Crippen molar-refractivity contribution in [2.24, 2.45) is 0 Å². The largest absolute Gasteiger partial charge is 0.416 e. The Morgan fingerprint density at radius 2 is 1.47 bits per heavy atom. The Balaban J connectivity index is 2.19. The molecular formula is C22H22F6N2. The van der Waals surface area contributed by atoms with Crippen LogP contribution in [0.1, 0.15) is 30.5 Å². The average molecular weight is 428 g/mol. The maximum absolute atomic E-state index is 13.3. The van der Waals surface area contributed by atoms with Gasteiger partial charge in [-0.1, -0.05) is 18.2 Å². The molecule has 0 aliphatic carbocycles. The van der Waals surface area contributed by atoms with E-state index >= 15 is 0 Å². The number of nitrogens with zero attached hydrogens (tertiary/aromatic N) is 1. The van der Waals surface area contributed by atoms with E-state index in [0.29, 0.717) is 24.0 Å². The molecule has 0 unspecified atom stereocenters. The zero-order valence-electron chi connectivity index (χ0n) is 16.7. The molecule has 2 aromatic carbocycles. The van der Waals surface area contributed by atoms with Crippen molar-refractivity contribution in [1.82, 2.24) is 9.88 Å². The first-order valence-corrected chi connectivity index (χ1v) is 9.47. The number of aromatic nitrogens is 1. The van der Waals surface area contributed by atoms with Gasteiger partial charge >= 0.3 is 12.4 Å². The minimum atomic E-state index is -4.89. The van der Waals surface area contributed by atoms with Crippen LogP contribution < -0.4 is 0 Å². The van der Waals surface area contributed by atoms with Crippen LogP contribution in [-0.4, -0.2) is 29.5 Å². The summed E-state index contributed by atoms with van der Waals surface area (Å²) in [5, 5.41) is 0.788. The molecular weight excluding hydrogens is 406 g/mol. The third-order valence-corrected chi connectivity index (χ3v) is 5.29. The summed E-state index contributed by atoms with van der Waals surface area (Å²) in [7, 11) is 1.92. The van der Waals surface area contributed by atoms with Crippen LogP contribution in [0.2, 0.25) is 0 Å². The molecule has 30 heavy (non-hydrogen) atoms. The summed E-state index contributed by atoms with van der Waals surface area (Å²) in [5.74, 6) is 0. The number of H-pyrrole nitrogens is 1. The first-order chi connectivity index (χ1) is 13.9. The number of hydrogen-bond acceptors (Lipinski definition) is 1. The monoisotopic (exact) mass is 428 g/mol. The maximum Gasteiger partial charge on any atom is 0.416 e. The highest BCUT2D eigenvalue weighted by Gasteiger charge is 2.37. The van der Waals surface area contributed by atoms with Gasteiger partial charge in [0.05, 0.1) is 11.1 Å². The molecule has 3 rings (SSSR count). The van der Waals surface area contributed by atoms with Crippen LogP contribution >= 0.6 is 0 Å². The van der Waals surface area contributed by atoms with Crippen molar-refractivity contribution in [1.29, 1.82) is 0 Å². The second kappa shape index (κ2) is 7.98. The van der Waals surface area contributed by atoms with Crippen LogP contribution in [0, 0.1) is 0 Å². The normalized spacial score (nSPS) is 13.0. The number of fused-ring (bicyclic) bond motifs is 1. The smallest absolute Gasteiger partial charge is 0.354 e. The van der Waals surface area contributed by atoms with Gasteiger partial charge in [0.1, 0.15) is 0 Å². The Hall–Kier alpha value is -2.48. The van der Waals surface area contributed by atoms with Crippen LogP contribution in [0.5, 0.6) is 0 Å². The lowest BCUT2D eigenvalue weighted by Crippen LogP contribution is -2.28. The van der Waals surface area contributed by atoms with Crippen molar-refractivity contribution >= 4 is 10.9 Å². The van der Waals surface area contributed by atoms with Gasteiger partial charge in [-0.05, 0) is 62.7 Å². The van der Waals surface area contributed by atoms with Gasteiger partial charge in [0.25, 0.3) is 0 Å². The Morgan fingerprint density at radius 3 is 2.00 bits per heavy atom. The van der Waals surface area contributed by atoms with Crippen LogP contribution in [0.3, 0.4) is 0 Å². The van der Waals surface area contributed by atoms with Crippen molar-refractivity contribution in [3.05, 3.63) is 59.2 Å². The molecule has 0 saturated heterocycles. The van der Waals surface area contributed by atoms with Crippen LogP contribution in [0.4, 0.5) is 26.3 Å². The molecule has 0 spiro atoms. The summed E-state index contributed by atoms with van der Waals surface area (Å²) >= 11 is 0. The second-order valence-electron chi connectivity index (χ2n) is 7.64. The standard InChI is InChI=1S/C22H22F6N2/c1-13(2)30(3)9-8-18-17-6-4-5-7-19(17)29-20(18)14-10-15(21(23,24)25)12-16(11-14)22(26,27)28/h4-7,10-13,29H,8-9H2,1-3H3. The minimum absolute atomic E-state index is 0.129. The number of rotatable bonds is 5. The SMILES string of the molecule is CC(C)N(C)CCc1c(-c2cc(C(F)(F)F)cc(C(F)(F)F)c2)[nH]c2ccccc12. The van der Waals surface area contributed by atoms with Crippen LogP contribution in [0.25, 0.3) is 22.2 Å². The molecule has 2 nitrogen and oxygen atoms in total. The fraction of sp³-hybridized carbons (Fsp3) is 0.364. The number of aromatic amines is 1. The molecule has 0 amide bonds. The summed E-state index contributed by atoms with van der Waals surface area (Å²) in [6.45, 7) is 4.63. The first kappa shape index (κ1) is 22.2. The number of likely N-dealkylation sites (N-methyl/N-ethyl adjacent to an activating group) is 1. The van der Waals surface area contributed by atoms with Gasteiger partial charge in [0, 0.05) is 29.2 Å². The van der Waals surface area contributed by atoms with E-state index in [-0.39, 0.29) is 23.4 Å². The quantitative estimate of drug-likeness (QED) is 0.445. The molecule has 0 atom stereocenters. The van der Waals surface area contributed by atoms with Gasteiger partial charge < -0.3 is 9.88 Å². The van der Waals surface area contributed by atoms with Gasteiger partial charge in [-0.25, -0.2) is 0 Å². The molecule has 8 heteroatoms. The first-order valence-electron chi connectivity index (χ1n) is 9.47. The number of para-hydroxylation sites is 1. The topological polar surface area (TPSA) is 19.0 Å². The number of halogens is 6. The Bertz CT molecular complexity index is 998. The van der Waals surface area contributed by atoms with Crippen molar-refractivity contribution in [2.45, 2.75) is 38.7 Å². The lowest BCUT2D eigenvalue weighted by atomic mass is 9.98. The Kier molecular flexibility index (Phi) is 5.91. The van der Waals surface area contributed by atoms with Gasteiger partial charge in [-0.15, -0.1) is 0 Å². The lowest BCUT2D eigenvalue weighted by Gasteiger charge is -2.21. The molecule has 0 bridgehead atoms. The summed E-state index contributed by atoms with van der Waals surface area (Å²) in [6.07, 6.45) is -9.30. The van der Waals surface area contributed by atoms with E-state index < -0.39 is 23.5 Å². The van der Waals surface area contributed by atoms with E-state index in [4.69, 9.17) is 0 Å². The number of nitrogens with one attached hydrogen (secondary N) is 1. The molecule has 162 valence electrons. The van der Waals surface area contributed by atoms with E-state index in [1.165, 1.54) is 0 Å². The molecule has 0 aliphatic heterocycles. The molecule has 1 heterocycles. The van der Waals surface area contributed by atoms with E-state index in [0.717, 1.165) is 17.5 Å². The van der Waals surface area contributed by atoms with E-state index in [1.807, 2.05) is 27.0 Å². The van der Waals surface area contributed by atoms with Gasteiger partial charge in [0.2, 0.25) is 0 Å². The highest BCUT2D eigenvalue weighted by Crippen LogP contribution is 2.40. The number of hydrogen-bond donors (Lipinski definition) is 1. The zero-order chi connectivity index (χ0) is 22.3. The molecule has 0 fully saturated rings. The summed E-state index contributed by atoms with van der Waals surface area (Å²) < 4.78 is 79.9. The third kappa shape index (κ3) is 4.64. The molecule has 1 N–H and O–H groups in total.